The number of anilines is 1. The van der Waals surface area contributed by atoms with Crippen molar-refractivity contribution in [1.82, 2.24) is 4.98 Å². The Labute approximate surface area is 146 Å². The monoisotopic (exact) mass is 348 g/mol. The number of fused-ring (bicyclic) bond motifs is 1. The average Bonchev–Trinajstić information content (AvgIpc) is 2.99. The molecule has 0 N–H and O–H groups in total. The van der Waals surface area contributed by atoms with E-state index in [1.54, 1.807) is 6.20 Å². The highest BCUT2D eigenvalue weighted by atomic mass is 35.5. The Kier molecular flexibility index (Phi) is 5.19. The van der Waals surface area contributed by atoms with Crippen LogP contribution in [0.3, 0.4) is 0 Å². The minimum absolute atomic E-state index is 0.198. The van der Waals surface area contributed by atoms with Crippen molar-refractivity contribution in [3.05, 3.63) is 57.8 Å². The number of hydrogen-bond donors (Lipinski definition) is 0. The van der Waals surface area contributed by atoms with E-state index in [4.69, 9.17) is 23.2 Å². The highest BCUT2D eigenvalue weighted by Crippen LogP contribution is 2.27. The van der Waals surface area contributed by atoms with Crippen molar-refractivity contribution in [3.63, 3.8) is 0 Å². The van der Waals surface area contributed by atoms with Crippen LogP contribution in [0.2, 0.25) is 10.0 Å². The maximum atomic E-state index is 12.4. The van der Waals surface area contributed by atoms with Gasteiger partial charge in [0, 0.05) is 31.0 Å². The first-order valence-electron chi connectivity index (χ1n) is 7.82. The lowest BCUT2D eigenvalue weighted by Crippen LogP contribution is -2.28. The zero-order valence-corrected chi connectivity index (χ0v) is 14.3. The van der Waals surface area contributed by atoms with Crippen LogP contribution in [0.5, 0.6) is 0 Å². The van der Waals surface area contributed by atoms with Crippen molar-refractivity contribution in [2.75, 3.05) is 11.4 Å². The molecule has 0 bridgehead atoms. The number of amides is 1. The molecule has 3 rings (SSSR count). The summed E-state index contributed by atoms with van der Waals surface area (Å²) in [5.74, 6) is 0.198. The van der Waals surface area contributed by atoms with Gasteiger partial charge in [-0.3, -0.25) is 9.78 Å². The number of nitrogens with zero attached hydrogens (tertiary/aromatic N) is 2. The van der Waals surface area contributed by atoms with Gasteiger partial charge in [0.1, 0.15) is 0 Å². The number of benzene rings is 1. The number of pyridine rings is 1. The highest BCUT2D eigenvalue weighted by Gasteiger charge is 2.23. The first kappa shape index (κ1) is 16.3. The summed E-state index contributed by atoms with van der Waals surface area (Å²) in [7, 11) is 0. The summed E-state index contributed by atoms with van der Waals surface area (Å²) in [6.45, 7) is 0.770. The van der Waals surface area contributed by atoms with Crippen molar-refractivity contribution in [2.45, 2.75) is 32.1 Å². The fourth-order valence-corrected chi connectivity index (χ4v) is 3.24. The standard InChI is InChI=1S/C18H18Cl2N2O/c19-15-6-5-13(11-16(15)20)3-1-2-4-18(23)22-10-8-14-12-21-9-7-17(14)22/h5-7,9,11-12H,1-4,8,10H2. The van der Waals surface area contributed by atoms with Gasteiger partial charge >= 0.3 is 0 Å². The Hall–Kier alpha value is -1.58. The molecular formula is C18H18Cl2N2O. The number of aryl methyl sites for hydroxylation is 1. The first-order valence-corrected chi connectivity index (χ1v) is 8.58. The summed E-state index contributed by atoms with van der Waals surface area (Å²) < 4.78 is 0. The zero-order valence-electron chi connectivity index (χ0n) is 12.8. The lowest BCUT2D eigenvalue weighted by molar-refractivity contribution is -0.118. The Morgan fingerprint density at radius 3 is 2.87 bits per heavy atom. The van der Waals surface area contributed by atoms with Crippen molar-refractivity contribution >= 4 is 34.8 Å². The SMILES string of the molecule is O=C(CCCCc1ccc(Cl)c(Cl)c1)N1CCc2cnccc21. The predicted molar refractivity (Wildman–Crippen MR) is 94.3 cm³/mol. The molecule has 2 heterocycles. The van der Waals surface area contributed by atoms with E-state index in [0.717, 1.165) is 49.0 Å². The van der Waals surface area contributed by atoms with E-state index in [-0.39, 0.29) is 5.91 Å². The smallest absolute Gasteiger partial charge is 0.226 e. The second-order valence-electron chi connectivity index (χ2n) is 5.76. The second-order valence-corrected chi connectivity index (χ2v) is 6.57. The third-order valence-electron chi connectivity index (χ3n) is 4.16. The van der Waals surface area contributed by atoms with Crippen LogP contribution in [0.25, 0.3) is 0 Å². The van der Waals surface area contributed by atoms with E-state index in [1.165, 1.54) is 0 Å². The Balaban J connectivity index is 1.48. The van der Waals surface area contributed by atoms with Crippen LogP contribution in [-0.4, -0.2) is 17.4 Å². The fraction of sp³-hybridized carbons (Fsp3) is 0.333. The van der Waals surface area contributed by atoms with Crippen LogP contribution >= 0.6 is 23.2 Å². The molecule has 0 radical (unpaired) electrons. The van der Waals surface area contributed by atoms with Gasteiger partial charge in [-0.05, 0) is 55.0 Å². The van der Waals surface area contributed by atoms with E-state index < -0.39 is 0 Å². The van der Waals surface area contributed by atoms with E-state index in [1.807, 2.05) is 35.4 Å². The van der Waals surface area contributed by atoms with Gasteiger partial charge in [0.25, 0.3) is 0 Å². The van der Waals surface area contributed by atoms with Gasteiger partial charge in [-0.2, -0.15) is 0 Å². The zero-order chi connectivity index (χ0) is 16.2. The fourth-order valence-electron chi connectivity index (χ4n) is 2.92. The van der Waals surface area contributed by atoms with E-state index in [9.17, 15) is 4.79 Å². The van der Waals surface area contributed by atoms with E-state index in [0.29, 0.717) is 16.5 Å². The molecule has 1 aliphatic rings. The molecule has 1 aromatic carbocycles. The molecule has 0 aliphatic carbocycles. The Morgan fingerprint density at radius 1 is 1.17 bits per heavy atom. The molecule has 23 heavy (non-hydrogen) atoms. The molecule has 2 aromatic rings. The van der Waals surface area contributed by atoms with Crippen LogP contribution in [0.15, 0.2) is 36.7 Å². The molecule has 1 amide bonds. The van der Waals surface area contributed by atoms with Crippen LogP contribution in [-0.2, 0) is 17.6 Å². The molecule has 1 aromatic heterocycles. The molecule has 1 aliphatic heterocycles. The van der Waals surface area contributed by atoms with Crippen LogP contribution in [0, 0.1) is 0 Å². The number of rotatable bonds is 5. The number of aromatic nitrogens is 1. The maximum absolute atomic E-state index is 12.4. The minimum Gasteiger partial charge on any atom is -0.312 e. The molecule has 0 spiro atoms. The minimum atomic E-state index is 0.198. The number of halogens is 2. The van der Waals surface area contributed by atoms with Gasteiger partial charge < -0.3 is 4.90 Å². The third-order valence-corrected chi connectivity index (χ3v) is 4.90. The number of carbonyl (C=O) groups is 1. The lowest BCUT2D eigenvalue weighted by Gasteiger charge is -2.17. The van der Waals surface area contributed by atoms with Crippen molar-refractivity contribution in [2.24, 2.45) is 0 Å². The van der Waals surface area contributed by atoms with Crippen LogP contribution < -0.4 is 4.90 Å². The van der Waals surface area contributed by atoms with E-state index >= 15 is 0 Å². The summed E-state index contributed by atoms with van der Waals surface area (Å²) in [4.78, 5) is 18.4. The summed E-state index contributed by atoms with van der Waals surface area (Å²) in [6, 6.07) is 7.63. The van der Waals surface area contributed by atoms with Crippen molar-refractivity contribution in [3.8, 4) is 0 Å². The lowest BCUT2D eigenvalue weighted by atomic mass is 10.1. The van der Waals surface area contributed by atoms with Gasteiger partial charge in [0.15, 0.2) is 0 Å². The Morgan fingerprint density at radius 2 is 2.04 bits per heavy atom. The first-order chi connectivity index (χ1) is 11.1. The number of carbonyl (C=O) groups excluding carboxylic acids is 1. The van der Waals surface area contributed by atoms with Gasteiger partial charge in [0.05, 0.1) is 10.0 Å². The molecular weight excluding hydrogens is 331 g/mol. The molecule has 0 saturated heterocycles. The number of unbranched alkanes of at least 4 members (excludes halogenated alkanes) is 1. The average molecular weight is 349 g/mol. The number of hydrogen-bond acceptors (Lipinski definition) is 2. The van der Waals surface area contributed by atoms with Gasteiger partial charge in [0.2, 0.25) is 5.91 Å². The summed E-state index contributed by atoms with van der Waals surface area (Å²) in [5.41, 5.74) is 3.34. The Bertz CT molecular complexity index is 718. The van der Waals surface area contributed by atoms with Crippen molar-refractivity contribution in [1.29, 1.82) is 0 Å². The molecule has 0 atom stereocenters. The van der Waals surface area contributed by atoms with Crippen LogP contribution in [0.1, 0.15) is 30.4 Å². The third kappa shape index (κ3) is 3.85. The van der Waals surface area contributed by atoms with Gasteiger partial charge in [-0.15, -0.1) is 0 Å². The maximum Gasteiger partial charge on any atom is 0.226 e. The molecule has 3 nitrogen and oxygen atoms in total. The molecule has 0 unspecified atom stereocenters. The van der Waals surface area contributed by atoms with E-state index in [2.05, 4.69) is 4.98 Å². The topological polar surface area (TPSA) is 33.2 Å². The molecule has 0 saturated carbocycles. The second kappa shape index (κ2) is 7.33. The summed E-state index contributed by atoms with van der Waals surface area (Å²) in [6.07, 6.45) is 7.81. The van der Waals surface area contributed by atoms with Crippen LogP contribution in [0.4, 0.5) is 5.69 Å². The van der Waals surface area contributed by atoms with Gasteiger partial charge in [-0.25, -0.2) is 0 Å². The normalized spacial score (nSPS) is 13.2. The molecule has 0 fully saturated rings. The van der Waals surface area contributed by atoms with Gasteiger partial charge in [-0.1, -0.05) is 29.3 Å². The molecule has 120 valence electrons. The largest absolute Gasteiger partial charge is 0.312 e. The molecule has 5 heteroatoms. The van der Waals surface area contributed by atoms with Crippen molar-refractivity contribution < 1.29 is 4.79 Å². The quantitative estimate of drug-likeness (QED) is 0.734. The summed E-state index contributed by atoms with van der Waals surface area (Å²) in [5, 5.41) is 1.16. The highest BCUT2D eigenvalue weighted by molar-refractivity contribution is 6.42. The summed E-state index contributed by atoms with van der Waals surface area (Å²) >= 11 is 11.9. The predicted octanol–water partition coefficient (Wildman–Crippen LogP) is 4.69.